The van der Waals surface area contributed by atoms with Crippen molar-refractivity contribution in [3.8, 4) is 0 Å². The van der Waals surface area contributed by atoms with Crippen LogP contribution in [0.5, 0.6) is 0 Å². The van der Waals surface area contributed by atoms with Crippen LogP contribution >= 0.6 is 34.0 Å². The van der Waals surface area contributed by atoms with E-state index in [0.717, 1.165) is 11.1 Å². The third-order valence-electron chi connectivity index (χ3n) is 4.85. The van der Waals surface area contributed by atoms with Crippen LogP contribution in [-0.2, 0) is 0 Å². The van der Waals surface area contributed by atoms with E-state index in [1.54, 1.807) is 21.6 Å². The van der Waals surface area contributed by atoms with Crippen LogP contribution in [0.1, 0.15) is 24.0 Å². The molecule has 0 aromatic heterocycles. The Kier molecular flexibility index (Phi) is 8.07. The summed E-state index contributed by atoms with van der Waals surface area (Å²) in [5, 5.41) is 0. The zero-order chi connectivity index (χ0) is 20.8. The maximum Gasteiger partial charge on any atom is 0.295 e. The number of nitrogens with zero attached hydrogens (tertiary/aromatic N) is 4. The quantitative estimate of drug-likeness (QED) is 0.274. The summed E-state index contributed by atoms with van der Waals surface area (Å²) in [6, 6.07) is 16.7. The van der Waals surface area contributed by atoms with Crippen molar-refractivity contribution < 1.29 is 9.58 Å². The Morgan fingerprint density at radius 2 is 1.03 bits per heavy atom. The van der Waals surface area contributed by atoms with Gasteiger partial charge in [0.1, 0.15) is 0 Å². The number of halogens is 1. The van der Waals surface area contributed by atoms with Crippen molar-refractivity contribution in [2.24, 2.45) is 0 Å². The van der Waals surface area contributed by atoms with E-state index < -0.39 is 0 Å². The van der Waals surface area contributed by atoms with Gasteiger partial charge in [0.05, 0.1) is 12.8 Å². The van der Waals surface area contributed by atoms with E-state index in [1.807, 2.05) is 48.6 Å². The number of benzene rings is 2. The SMILES string of the molecule is Cl.[N-]=[N+]=C1C=CC(c2ccccc2SSc2ccccc2C2=CCC(=[N+]=[N-])C=C2)=CC1. The summed E-state index contributed by atoms with van der Waals surface area (Å²) < 4.78 is 0. The fourth-order valence-electron chi connectivity index (χ4n) is 3.27. The number of hydrogen-bond donors (Lipinski definition) is 0. The molecule has 0 fully saturated rings. The van der Waals surface area contributed by atoms with E-state index in [0.29, 0.717) is 24.3 Å². The molecule has 2 aromatic rings. The lowest BCUT2D eigenvalue weighted by Crippen LogP contribution is -1.99. The van der Waals surface area contributed by atoms with Crippen LogP contribution in [0.15, 0.2) is 94.8 Å². The van der Waals surface area contributed by atoms with E-state index in [1.165, 1.54) is 20.9 Å². The molecule has 0 amide bonds. The second-order valence-electron chi connectivity index (χ2n) is 6.74. The van der Waals surface area contributed by atoms with Crippen LogP contribution in [0.4, 0.5) is 0 Å². The van der Waals surface area contributed by atoms with Gasteiger partial charge in [-0.1, -0.05) is 70.1 Å². The van der Waals surface area contributed by atoms with Crippen molar-refractivity contribution in [2.75, 3.05) is 0 Å². The Hall–Kier alpha value is -2.85. The van der Waals surface area contributed by atoms with Crippen molar-refractivity contribution in [1.82, 2.24) is 0 Å². The van der Waals surface area contributed by atoms with Crippen LogP contribution < -0.4 is 0 Å². The Labute approximate surface area is 195 Å². The number of rotatable bonds is 5. The minimum Gasteiger partial charge on any atom is -0.361 e. The predicted octanol–water partition coefficient (Wildman–Crippen LogP) is 6.94. The summed E-state index contributed by atoms with van der Waals surface area (Å²) >= 11 is 0. The highest BCUT2D eigenvalue weighted by Crippen LogP contribution is 2.44. The molecular weight excluding hydrogens is 444 g/mol. The van der Waals surface area contributed by atoms with Gasteiger partial charge in [-0.3, -0.25) is 0 Å². The third kappa shape index (κ3) is 5.45. The second kappa shape index (κ2) is 11.0. The normalized spacial score (nSPS) is 14.8. The van der Waals surface area contributed by atoms with Gasteiger partial charge in [-0.15, -0.1) is 12.4 Å². The average Bonchev–Trinajstić information content (AvgIpc) is 2.83. The third-order valence-corrected chi connectivity index (χ3v) is 7.33. The van der Waals surface area contributed by atoms with Gasteiger partial charge in [-0.2, -0.15) is 9.58 Å². The molecule has 2 aliphatic rings. The lowest BCUT2D eigenvalue weighted by atomic mass is 9.99. The maximum atomic E-state index is 8.95. The molecule has 2 aromatic carbocycles. The minimum atomic E-state index is 0. The molecule has 0 saturated heterocycles. The van der Waals surface area contributed by atoms with E-state index in [4.69, 9.17) is 11.1 Å². The lowest BCUT2D eigenvalue weighted by Gasteiger charge is -2.13. The van der Waals surface area contributed by atoms with E-state index in [-0.39, 0.29) is 12.4 Å². The van der Waals surface area contributed by atoms with Crippen molar-refractivity contribution >= 4 is 56.6 Å². The summed E-state index contributed by atoms with van der Waals surface area (Å²) in [5.74, 6) is 0. The molecule has 0 radical (unpaired) electrons. The lowest BCUT2D eigenvalue weighted by molar-refractivity contribution is -0.00583. The molecule has 0 unspecified atom stereocenters. The molecule has 7 heteroatoms. The van der Waals surface area contributed by atoms with Gasteiger partial charge in [0.15, 0.2) is 0 Å². The molecule has 0 aliphatic heterocycles. The maximum absolute atomic E-state index is 8.95. The molecule has 4 nitrogen and oxygen atoms in total. The summed E-state index contributed by atoms with van der Waals surface area (Å²) in [7, 11) is 3.46. The zero-order valence-corrected chi connectivity index (χ0v) is 19.0. The van der Waals surface area contributed by atoms with Gasteiger partial charge in [-0.05, 0) is 46.6 Å². The molecule has 0 N–H and O–H groups in total. The van der Waals surface area contributed by atoms with Gasteiger partial charge < -0.3 is 11.1 Å². The van der Waals surface area contributed by atoms with Gasteiger partial charge in [0, 0.05) is 21.9 Å². The fourth-order valence-corrected chi connectivity index (χ4v) is 5.68. The van der Waals surface area contributed by atoms with Crippen LogP contribution in [-0.4, -0.2) is 21.0 Å². The molecule has 31 heavy (non-hydrogen) atoms. The van der Waals surface area contributed by atoms with Crippen molar-refractivity contribution in [1.29, 1.82) is 0 Å². The molecule has 4 rings (SSSR count). The number of allylic oxidation sites excluding steroid dienone is 8. The van der Waals surface area contributed by atoms with Gasteiger partial charge in [0.2, 0.25) is 0 Å². The predicted molar refractivity (Wildman–Crippen MR) is 133 cm³/mol. The first-order valence-corrected chi connectivity index (χ1v) is 11.6. The van der Waals surface area contributed by atoms with Crippen LogP contribution in [0.25, 0.3) is 22.2 Å². The van der Waals surface area contributed by atoms with Gasteiger partial charge in [0.25, 0.3) is 11.4 Å². The molecule has 0 atom stereocenters. The molecular formula is C24H19ClN4S2. The fraction of sp³-hybridized carbons (Fsp3) is 0.0833. The summed E-state index contributed by atoms with van der Waals surface area (Å²) in [5.41, 5.74) is 23.8. The Morgan fingerprint density at radius 1 is 0.613 bits per heavy atom. The van der Waals surface area contributed by atoms with Gasteiger partial charge in [-0.25, -0.2) is 0 Å². The monoisotopic (exact) mass is 462 g/mol. The standard InChI is InChI=1S/C24H18N4S2.ClH/c25-27-19-13-9-17(10-14-19)21-5-1-3-7-23(21)29-30-24-8-4-2-6-22(24)18-11-15-20(28-26)16-12-18;/h1-13,15H,14,16H2;1H. The second-order valence-corrected chi connectivity index (χ2v) is 8.95. The largest absolute Gasteiger partial charge is 0.361 e. The molecule has 2 aliphatic carbocycles. The van der Waals surface area contributed by atoms with Gasteiger partial charge >= 0.3 is 0 Å². The first kappa shape index (κ1) is 22.8. The van der Waals surface area contributed by atoms with Crippen molar-refractivity contribution in [2.45, 2.75) is 22.6 Å². The number of hydrogen-bond acceptors (Lipinski definition) is 2. The van der Waals surface area contributed by atoms with Crippen LogP contribution in [0.3, 0.4) is 0 Å². The molecule has 154 valence electrons. The highest BCUT2D eigenvalue weighted by atomic mass is 35.5. The highest BCUT2D eigenvalue weighted by Gasteiger charge is 2.15. The summed E-state index contributed by atoms with van der Waals surface area (Å²) in [4.78, 5) is 8.93. The molecule has 0 heterocycles. The Morgan fingerprint density at radius 3 is 1.39 bits per heavy atom. The highest BCUT2D eigenvalue weighted by molar-refractivity contribution is 8.76. The first-order chi connectivity index (χ1) is 14.8. The van der Waals surface area contributed by atoms with Crippen LogP contribution in [0.2, 0.25) is 0 Å². The molecule has 0 saturated carbocycles. The first-order valence-electron chi connectivity index (χ1n) is 9.50. The summed E-state index contributed by atoms with van der Waals surface area (Å²) in [6.07, 6.45) is 13.1. The minimum absolute atomic E-state index is 0. The molecule has 0 spiro atoms. The van der Waals surface area contributed by atoms with Crippen molar-refractivity contribution in [3.05, 3.63) is 107 Å². The summed E-state index contributed by atoms with van der Waals surface area (Å²) in [6.45, 7) is 0. The zero-order valence-electron chi connectivity index (χ0n) is 16.5. The average molecular weight is 463 g/mol. The smallest absolute Gasteiger partial charge is 0.295 e. The topological polar surface area (TPSA) is 72.8 Å². The Balaban J connectivity index is 0.00000272. The van der Waals surface area contributed by atoms with E-state index >= 15 is 0 Å². The van der Waals surface area contributed by atoms with Crippen LogP contribution in [0, 0.1) is 0 Å². The van der Waals surface area contributed by atoms with E-state index in [9.17, 15) is 0 Å². The Bertz CT molecular complexity index is 1120. The van der Waals surface area contributed by atoms with E-state index in [2.05, 4.69) is 46.0 Å². The van der Waals surface area contributed by atoms with Crippen molar-refractivity contribution in [3.63, 3.8) is 0 Å². The molecule has 0 bridgehead atoms.